The lowest BCUT2D eigenvalue weighted by atomic mass is 9.95. The molecule has 2 aliphatic heterocycles. The third-order valence-corrected chi connectivity index (χ3v) is 4.39. The van der Waals surface area contributed by atoms with Crippen molar-refractivity contribution in [3.8, 4) is 0 Å². The van der Waals surface area contributed by atoms with Gasteiger partial charge in [0.15, 0.2) is 0 Å². The summed E-state index contributed by atoms with van der Waals surface area (Å²) in [6.45, 7) is 6.52. The van der Waals surface area contributed by atoms with Crippen LogP contribution in [-0.2, 0) is 0 Å². The fraction of sp³-hybridized carbons (Fsp3) is 1.00. The van der Waals surface area contributed by atoms with Crippen LogP contribution in [0.15, 0.2) is 0 Å². The Hall–Kier alpha value is -0.200. The summed E-state index contributed by atoms with van der Waals surface area (Å²) in [6.07, 6.45) is 1.19. The number of aliphatic hydroxyl groups is 3. The zero-order chi connectivity index (χ0) is 13.1. The van der Waals surface area contributed by atoms with E-state index in [1.807, 2.05) is 6.92 Å². The third kappa shape index (κ3) is 3.22. The van der Waals surface area contributed by atoms with Crippen LogP contribution >= 0.6 is 0 Å². The molecule has 0 bridgehead atoms. The van der Waals surface area contributed by atoms with Gasteiger partial charge in [0, 0.05) is 25.7 Å². The lowest BCUT2D eigenvalue weighted by Crippen LogP contribution is -2.61. The number of aliphatic hydroxyl groups excluding tert-OH is 3. The molecule has 2 aliphatic rings. The molecule has 106 valence electrons. The first kappa shape index (κ1) is 14.2. The van der Waals surface area contributed by atoms with E-state index in [-0.39, 0.29) is 6.04 Å². The first-order valence-corrected chi connectivity index (χ1v) is 7.10. The number of β-amino-alcohol motifs (C(OH)–C–C–N with tert-alkyl or cyclic N) is 1. The predicted octanol–water partition coefficient (Wildman–Crippen LogP) is -0.741. The normalized spacial score (nSPS) is 40.0. The molecule has 0 aromatic carbocycles. The minimum Gasteiger partial charge on any atom is -0.389 e. The van der Waals surface area contributed by atoms with E-state index < -0.39 is 18.3 Å². The molecule has 0 amide bonds. The molecule has 0 spiro atoms. The maximum absolute atomic E-state index is 9.86. The molecule has 5 nitrogen and oxygen atoms in total. The highest BCUT2D eigenvalue weighted by Gasteiger charge is 2.38. The average molecular weight is 258 g/mol. The molecule has 5 heteroatoms. The van der Waals surface area contributed by atoms with Crippen molar-refractivity contribution in [1.29, 1.82) is 0 Å². The maximum Gasteiger partial charge on any atom is 0.108 e. The van der Waals surface area contributed by atoms with E-state index >= 15 is 0 Å². The van der Waals surface area contributed by atoms with Gasteiger partial charge in [0.25, 0.3) is 0 Å². The molecule has 0 saturated carbocycles. The van der Waals surface area contributed by atoms with E-state index in [2.05, 4.69) is 9.80 Å². The van der Waals surface area contributed by atoms with Gasteiger partial charge in [-0.25, -0.2) is 0 Å². The molecule has 2 fully saturated rings. The van der Waals surface area contributed by atoms with E-state index in [0.717, 1.165) is 26.2 Å². The summed E-state index contributed by atoms with van der Waals surface area (Å²) in [4.78, 5) is 4.52. The Bertz CT molecular complexity index is 259. The fourth-order valence-corrected chi connectivity index (χ4v) is 2.99. The van der Waals surface area contributed by atoms with Crippen molar-refractivity contribution >= 4 is 0 Å². The fourth-order valence-electron chi connectivity index (χ4n) is 2.99. The maximum atomic E-state index is 9.86. The van der Waals surface area contributed by atoms with Crippen molar-refractivity contribution in [3.63, 3.8) is 0 Å². The van der Waals surface area contributed by atoms with Gasteiger partial charge in [-0.2, -0.15) is 0 Å². The first-order chi connectivity index (χ1) is 8.59. The van der Waals surface area contributed by atoms with Crippen LogP contribution in [0.2, 0.25) is 0 Å². The molecule has 2 saturated heterocycles. The smallest absolute Gasteiger partial charge is 0.108 e. The van der Waals surface area contributed by atoms with Crippen LogP contribution in [0, 0.1) is 0 Å². The zero-order valence-corrected chi connectivity index (χ0v) is 11.2. The van der Waals surface area contributed by atoms with Crippen LogP contribution < -0.4 is 0 Å². The van der Waals surface area contributed by atoms with Crippen molar-refractivity contribution in [2.24, 2.45) is 0 Å². The molecular weight excluding hydrogens is 232 g/mol. The van der Waals surface area contributed by atoms with E-state index in [9.17, 15) is 15.3 Å². The molecule has 0 aromatic rings. The van der Waals surface area contributed by atoms with Gasteiger partial charge in [-0.3, -0.25) is 4.90 Å². The topological polar surface area (TPSA) is 67.2 Å². The highest BCUT2D eigenvalue weighted by Crippen LogP contribution is 2.18. The van der Waals surface area contributed by atoms with Crippen molar-refractivity contribution in [3.05, 3.63) is 0 Å². The molecule has 2 heterocycles. The van der Waals surface area contributed by atoms with Gasteiger partial charge >= 0.3 is 0 Å². The SMILES string of the molecule is CC1C(O)C(O)C(O)CN1CCN1CCCCC1. The molecule has 18 heavy (non-hydrogen) atoms. The second kappa shape index (κ2) is 6.30. The Morgan fingerprint density at radius 3 is 2.28 bits per heavy atom. The predicted molar refractivity (Wildman–Crippen MR) is 69.3 cm³/mol. The summed E-state index contributed by atoms with van der Waals surface area (Å²) < 4.78 is 0. The minimum atomic E-state index is -1.01. The molecule has 2 rings (SSSR count). The lowest BCUT2D eigenvalue weighted by Gasteiger charge is -2.43. The van der Waals surface area contributed by atoms with Gasteiger partial charge in [0.1, 0.15) is 6.10 Å². The number of nitrogens with zero attached hydrogens (tertiary/aromatic N) is 2. The van der Waals surface area contributed by atoms with Crippen molar-refractivity contribution in [1.82, 2.24) is 9.80 Å². The number of rotatable bonds is 3. The number of likely N-dealkylation sites (tertiary alicyclic amines) is 2. The summed E-state index contributed by atoms with van der Waals surface area (Å²) in [5.41, 5.74) is 0. The van der Waals surface area contributed by atoms with Gasteiger partial charge in [-0.15, -0.1) is 0 Å². The van der Waals surface area contributed by atoms with Gasteiger partial charge in [-0.1, -0.05) is 6.42 Å². The van der Waals surface area contributed by atoms with Gasteiger partial charge in [0.05, 0.1) is 12.2 Å². The lowest BCUT2D eigenvalue weighted by molar-refractivity contribution is -0.133. The summed E-state index contributed by atoms with van der Waals surface area (Å²) in [5.74, 6) is 0. The highest BCUT2D eigenvalue weighted by molar-refractivity contribution is 4.92. The number of piperidine rings is 2. The minimum absolute atomic E-state index is 0.0896. The molecule has 4 atom stereocenters. The van der Waals surface area contributed by atoms with Crippen LogP contribution in [0.4, 0.5) is 0 Å². The number of hydrogen-bond acceptors (Lipinski definition) is 5. The molecule has 0 radical (unpaired) electrons. The second-order valence-corrected chi connectivity index (χ2v) is 5.69. The zero-order valence-electron chi connectivity index (χ0n) is 11.2. The summed E-state index contributed by atoms with van der Waals surface area (Å²) >= 11 is 0. The Labute approximate surface area is 109 Å². The highest BCUT2D eigenvalue weighted by atomic mass is 16.4. The van der Waals surface area contributed by atoms with Crippen molar-refractivity contribution in [2.45, 2.75) is 50.5 Å². The Morgan fingerprint density at radius 2 is 1.61 bits per heavy atom. The number of hydrogen-bond donors (Lipinski definition) is 3. The Morgan fingerprint density at radius 1 is 0.944 bits per heavy atom. The average Bonchev–Trinajstić information content (AvgIpc) is 2.40. The second-order valence-electron chi connectivity index (χ2n) is 5.69. The van der Waals surface area contributed by atoms with Gasteiger partial charge in [-0.05, 0) is 32.9 Å². The Balaban J connectivity index is 1.80. The van der Waals surface area contributed by atoms with Crippen LogP contribution in [0.1, 0.15) is 26.2 Å². The van der Waals surface area contributed by atoms with E-state index in [0.29, 0.717) is 6.54 Å². The molecule has 0 aromatic heterocycles. The molecular formula is C13H26N2O3. The monoisotopic (exact) mass is 258 g/mol. The van der Waals surface area contributed by atoms with Crippen LogP contribution in [0.5, 0.6) is 0 Å². The van der Waals surface area contributed by atoms with Crippen LogP contribution in [0.25, 0.3) is 0 Å². The van der Waals surface area contributed by atoms with E-state index in [4.69, 9.17) is 0 Å². The quantitative estimate of drug-likeness (QED) is 0.622. The third-order valence-electron chi connectivity index (χ3n) is 4.39. The van der Waals surface area contributed by atoms with Crippen molar-refractivity contribution in [2.75, 3.05) is 32.7 Å². The van der Waals surface area contributed by atoms with Crippen LogP contribution in [0.3, 0.4) is 0 Å². The van der Waals surface area contributed by atoms with Gasteiger partial charge in [0.2, 0.25) is 0 Å². The largest absolute Gasteiger partial charge is 0.389 e. The van der Waals surface area contributed by atoms with Gasteiger partial charge < -0.3 is 20.2 Å². The van der Waals surface area contributed by atoms with E-state index in [1.165, 1.54) is 19.3 Å². The summed E-state index contributed by atoms with van der Waals surface area (Å²) in [6, 6.07) is -0.0896. The Kier molecular flexibility index (Phi) is 4.98. The first-order valence-electron chi connectivity index (χ1n) is 7.10. The molecule has 4 unspecified atom stereocenters. The molecule has 3 N–H and O–H groups in total. The van der Waals surface area contributed by atoms with E-state index in [1.54, 1.807) is 0 Å². The standard InChI is InChI=1S/C13H26N2O3/c1-10-12(17)13(18)11(16)9-15(10)8-7-14-5-3-2-4-6-14/h10-13,16-18H,2-9H2,1H3. The van der Waals surface area contributed by atoms with Crippen LogP contribution in [-0.4, -0.2) is 82.2 Å². The van der Waals surface area contributed by atoms with Crippen molar-refractivity contribution < 1.29 is 15.3 Å². The molecule has 0 aliphatic carbocycles. The summed E-state index contributed by atoms with van der Waals surface area (Å²) in [5, 5.41) is 29.2. The summed E-state index contributed by atoms with van der Waals surface area (Å²) in [7, 11) is 0.